The Labute approximate surface area is 377 Å². The van der Waals surface area contributed by atoms with Crippen LogP contribution in [-0.4, -0.2) is 96.0 Å². The van der Waals surface area contributed by atoms with Crippen LogP contribution in [-0.2, 0) is 38.7 Å². The van der Waals surface area contributed by atoms with Crippen molar-refractivity contribution in [1.29, 1.82) is 0 Å². The number of unbranched alkanes of at least 4 members (excludes halogenated alkanes) is 26. The van der Waals surface area contributed by atoms with E-state index in [4.69, 9.17) is 18.9 Å². The summed E-state index contributed by atoms with van der Waals surface area (Å²) in [6, 6.07) is 0. The summed E-state index contributed by atoms with van der Waals surface area (Å²) in [6.07, 6.45) is 35.0. The molecule has 1 heterocycles. The van der Waals surface area contributed by atoms with Crippen molar-refractivity contribution in [2.24, 2.45) is 0 Å². The zero-order chi connectivity index (χ0) is 45.5. The van der Waals surface area contributed by atoms with E-state index in [1.54, 1.807) is 0 Å². The van der Waals surface area contributed by atoms with E-state index in [9.17, 15) is 37.9 Å². The van der Waals surface area contributed by atoms with Gasteiger partial charge in [-0.2, -0.15) is 8.42 Å². The molecular formula is C49H90O12S. The van der Waals surface area contributed by atoms with E-state index in [-0.39, 0.29) is 19.4 Å². The number of esters is 2. The third kappa shape index (κ3) is 33.6. The van der Waals surface area contributed by atoms with Crippen molar-refractivity contribution < 1.29 is 56.8 Å². The van der Waals surface area contributed by atoms with Crippen LogP contribution in [0.15, 0.2) is 24.3 Å². The number of ether oxygens (including phenoxy) is 4. The quantitative estimate of drug-likeness (QED) is 0.0197. The molecule has 13 heteroatoms. The molecule has 0 spiro atoms. The summed E-state index contributed by atoms with van der Waals surface area (Å²) in [7, 11) is -4.60. The smallest absolute Gasteiger partial charge is 0.306 e. The number of hydrogen-bond acceptors (Lipinski definition) is 11. The summed E-state index contributed by atoms with van der Waals surface area (Å²) in [5.74, 6) is -1.98. The predicted molar refractivity (Wildman–Crippen MR) is 247 cm³/mol. The number of allylic oxidation sites excluding steroid dienone is 4. The normalized spacial score (nSPS) is 20.0. The molecule has 4 N–H and O–H groups in total. The van der Waals surface area contributed by atoms with E-state index in [1.807, 2.05) is 0 Å². The van der Waals surface area contributed by atoms with Crippen molar-refractivity contribution >= 4 is 22.1 Å². The van der Waals surface area contributed by atoms with Crippen molar-refractivity contribution in [3.8, 4) is 0 Å². The molecule has 0 aromatic rings. The van der Waals surface area contributed by atoms with Gasteiger partial charge >= 0.3 is 11.9 Å². The molecule has 2 unspecified atom stereocenters. The predicted octanol–water partition coefficient (Wildman–Crippen LogP) is 10.8. The molecule has 62 heavy (non-hydrogen) atoms. The van der Waals surface area contributed by atoms with Crippen LogP contribution in [0.5, 0.6) is 0 Å². The fourth-order valence-electron chi connectivity index (χ4n) is 7.65. The maximum atomic E-state index is 12.8. The van der Waals surface area contributed by atoms with Gasteiger partial charge in [0.05, 0.1) is 6.61 Å². The number of carbonyl (C=O) groups is 2. The average Bonchev–Trinajstić information content (AvgIpc) is 3.24. The zero-order valence-corrected chi connectivity index (χ0v) is 39.8. The molecule has 0 aliphatic carbocycles. The molecular weight excluding hydrogens is 813 g/mol. The second-order valence-electron chi connectivity index (χ2n) is 17.5. The van der Waals surface area contributed by atoms with Gasteiger partial charge in [-0.1, -0.05) is 186 Å². The Morgan fingerprint density at radius 1 is 0.548 bits per heavy atom. The Morgan fingerprint density at radius 2 is 0.968 bits per heavy atom. The van der Waals surface area contributed by atoms with Crippen molar-refractivity contribution in [2.75, 3.05) is 19.0 Å². The summed E-state index contributed by atoms with van der Waals surface area (Å²) in [5, 5.41) is 30.9. The molecule has 1 aliphatic rings. The maximum Gasteiger partial charge on any atom is 0.306 e. The van der Waals surface area contributed by atoms with Crippen LogP contribution >= 0.6 is 0 Å². The lowest BCUT2D eigenvalue weighted by Crippen LogP contribution is -2.60. The summed E-state index contributed by atoms with van der Waals surface area (Å²) >= 11 is 0. The first-order chi connectivity index (χ1) is 30.0. The number of carbonyl (C=O) groups excluding carboxylic acids is 2. The number of hydrogen-bond donors (Lipinski definition) is 4. The highest BCUT2D eigenvalue weighted by Crippen LogP contribution is 2.24. The molecule has 1 fully saturated rings. The van der Waals surface area contributed by atoms with Gasteiger partial charge in [-0.15, -0.1) is 0 Å². The molecule has 0 saturated carbocycles. The minimum Gasteiger partial charge on any atom is -0.462 e. The monoisotopic (exact) mass is 903 g/mol. The SMILES string of the molecule is CCCCC/C=C/C/C=C/CCCCCCCCCC(=O)O[C@H](COC(=O)CCCCCCCCCCCCCCCCCCC)CO[C@H]1O[C@H](CS(=O)(=O)O)[C@@H](O)C(O)C1O. The molecule has 0 aromatic carbocycles. The molecule has 1 rings (SSSR count). The van der Waals surface area contributed by atoms with Crippen LogP contribution in [0.2, 0.25) is 0 Å². The largest absolute Gasteiger partial charge is 0.462 e. The van der Waals surface area contributed by atoms with E-state index in [0.29, 0.717) is 12.8 Å². The van der Waals surface area contributed by atoms with Crippen molar-refractivity contribution in [1.82, 2.24) is 0 Å². The van der Waals surface area contributed by atoms with Crippen LogP contribution in [0.4, 0.5) is 0 Å². The molecule has 0 amide bonds. The average molecular weight is 903 g/mol. The third-order valence-electron chi connectivity index (χ3n) is 11.5. The molecule has 1 aliphatic heterocycles. The summed E-state index contributed by atoms with van der Waals surface area (Å²) < 4.78 is 54.2. The van der Waals surface area contributed by atoms with E-state index >= 15 is 0 Å². The minimum absolute atomic E-state index is 0.158. The first kappa shape index (κ1) is 58.1. The lowest BCUT2D eigenvalue weighted by atomic mass is 10.00. The summed E-state index contributed by atoms with van der Waals surface area (Å²) in [6.45, 7) is 3.76. The molecule has 0 bridgehead atoms. The standard InChI is InChI=1S/C49H90O12S/c1-3-5-7-9-11-13-15-17-19-21-23-25-27-29-31-33-35-37-44(50)58-39-42(40-59-49-48(54)47(53)46(52)43(61-49)41-62(55,56)57)60-45(51)38-36-34-32-30-28-26-24-22-20-18-16-14-12-10-8-6-4-2/h12,14,18,20,42-43,46-49,52-54H,3-11,13,15-17,19,21-41H2,1-2H3,(H,55,56,57)/b14-12+,20-18+/t42-,43-,46-,47?,48?,49+/m1/s1. The molecule has 6 atom stereocenters. The van der Waals surface area contributed by atoms with Gasteiger partial charge in [0, 0.05) is 12.8 Å². The van der Waals surface area contributed by atoms with E-state index < -0.39 is 71.2 Å². The highest BCUT2D eigenvalue weighted by molar-refractivity contribution is 7.85. The van der Waals surface area contributed by atoms with Crippen LogP contribution < -0.4 is 0 Å². The van der Waals surface area contributed by atoms with E-state index in [2.05, 4.69) is 38.2 Å². The van der Waals surface area contributed by atoms with Gasteiger partial charge in [0.25, 0.3) is 10.1 Å². The number of rotatable bonds is 42. The van der Waals surface area contributed by atoms with Crippen molar-refractivity contribution in [3.05, 3.63) is 24.3 Å². The van der Waals surface area contributed by atoms with Gasteiger partial charge in [0.1, 0.15) is 36.8 Å². The van der Waals surface area contributed by atoms with Crippen molar-refractivity contribution in [3.63, 3.8) is 0 Å². The molecule has 12 nitrogen and oxygen atoms in total. The van der Waals surface area contributed by atoms with Gasteiger partial charge in [0.2, 0.25) is 0 Å². The highest BCUT2D eigenvalue weighted by Gasteiger charge is 2.46. The molecule has 0 radical (unpaired) electrons. The third-order valence-corrected chi connectivity index (χ3v) is 12.3. The maximum absolute atomic E-state index is 12.8. The zero-order valence-electron chi connectivity index (χ0n) is 39.0. The summed E-state index contributed by atoms with van der Waals surface area (Å²) in [4.78, 5) is 25.5. The summed E-state index contributed by atoms with van der Waals surface area (Å²) in [5.41, 5.74) is 0. The number of aliphatic hydroxyl groups is 3. The number of aliphatic hydroxyl groups excluding tert-OH is 3. The van der Waals surface area contributed by atoms with Crippen molar-refractivity contribution in [2.45, 2.75) is 256 Å². The lowest BCUT2D eigenvalue weighted by Gasteiger charge is -2.40. The van der Waals surface area contributed by atoms with E-state index in [0.717, 1.165) is 57.8 Å². The van der Waals surface area contributed by atoms with Gasteiger partial charge in [0.15, 0.2) is 12.4 Å². The molecule has 0 aromatic heterocycles. The second kappa shape index (κ2) is 39.5. The minimum atomic E-state index is -4.60. The first-order valence-electron chi connectivity index (χ1n) is 24.9. The van der Waals surface area contributed by atoms with Gasteiger partial charge < -0.3 is 34.3 Å². The first-order valence-corrected chi connectivity index (χ1v) is 26.5. The van der Waals surface area contributed by atoms with Crippen LogP contribution in [0.1, 0.15) is 219 Å². The topological polar surface area (TPSA) is 186 Å². The van der Waals surface area contributed by atoms with E-state index in [1.165, 1.54) is 122 Å². The Morgan fingerprint density at radius 3 is 1.45 bits per heavy atom. The van der Waals surface area contributed by atoms with Gasteiger partial charge in [-0.25, -0.2) is 0 Å². The Balaban J connectivity index is 2.39. The van der Waals surface area contributed by atoms with Gasteiger partial charge in [-0.05, 0) is 44.9 Å². The lowest BCUT2D eigenvalue weighted by molar-refractivity contribution is -0.297. The fourth-order valence-corrected chi connectivity index (χ4v) is 8.34. The van der Waals surface area contributed by atoms with Gasteiger partial charge in [-0.3, -0.25) is 14.1 Å². The van der Waals surface area contributed by atoms with Crippen LogP contribution in [0.25, 0.3) is 0 Å². The highest BCUT2D eigenvalue weighted by atomic mass is 32.2. The van der Waals surface area contributed by atoms with Crippen LogP contribution in [0.3, 0.4) is 0 Å². The Hall–Kier alpha value is -1.87. The Bertz CT molecular complexity index is 1240. The van der Waals surface area contributed by atoms with Crippen LogP contribution in [0, 0.1) is 0 Å². The molecule has 364 valence electrons. The second-order valence-corrected chi connectivity index (χ2v) is 19.0. The molecule has 1 saturated heterocycles. The Kier molecular flexibility index (Phi) is 37.0. The fraction of sp³-hybridized carbons (Fsp3) is 0.878.